The predicted molar refractivity (Wildman–Crippen MR) is 109 cm³/mol. The van der Waals surface area contributed by atoms with Gasteiger partial charge in [-0.2, -0.15) is 5.10 Å². The van der Waals surface area contributed by atoms with Gasteiger partial charge in [-0.25, -0.2) is 9.67 Å². The molecule has 0 aliphatic carbocycles. The zero-order valence-electron chi connectivity index (χ0n) is 16.0. The molecule has 7 nitrogen and oxygen atoms in total. The number of anilines is 1. The number of rotatable bonds is 7. The van der Waals surface area contributed by atoms with Crippen LogP contribution < -0.4 is 10.6 Å². The van der Waals surface area contributed by atoms with Gasteiger partial charge in [-0.3, -0.25) is 9.59 Å². The number of nitrogens with one attached hydrogen (secondary N) is 2. The van der Waals surface area contributed by atoms with Gasteiger partial charge in [0.25, 0.3) is 0 Å². The fraction of sp³-hybridized carbons (Fsp3) is 0.273. The Balaban J connectivity index is 1.23. The summed E-state index contributed by atoms with van der Waals surface area (Å²) in [6, 6.07) is 15.9. The lowest BCUT2D eigenvalue weighted by Crippen LogP contribution is -2.31. The number of amides is 2. The van der Waals surface area contributed by atoms with E-state index in [0.717, 1.165) is 22.4 Å². The average Bonchev–Trinajstić information content (AvgIpc) is 3.25. The molecular weight excluding hydrogens is 366 g/mol. The zero-order valence-corrected chi connectivity index (χ0v) is 16.0. The maximum atomic E-state index is 12.2. The van der Waals surface area contributed by atoms with E-state index >= 15 is 0 Å². The summed E-state index contributed by atoms with van der Waals surface area (Å²) >= 11 is 0. The van der Waals surface area contributed by atoms with Crippen molar-refractivity contribution >= 4 is 17.5 Å². The van der Waals surface area contributed by atoms with Crippen molar-refractivity contribution in [3.8, 4) is 0 Å². The summed E-state index contributed by atoms with van der Waals surface area (Å²) in [7, 11) is 0. The molecule has 2 aromatic carbocycles. The van der Waals surface area contributed by atoms with Gasteiger partial charge in [-0.05, 0) is 35.6 Å². The first-order valence-corrected chi connectivity index (χ1v) is 9.73. The Hall–Kier alpha value is -3.48. The minimum Gasteiger partial charge on any atom is -0.352 e. The molecule has 2 heterocycles. The van der Waals surface area contributed by atoms with Crippen molar-refractivity contribution in [2.75, 3.05) is 5.32 Å². The lowest BCUT2D eigenvalue weighted by atomic mass is 9.89. The highest BCUT2D eigenvalue weighted by Crippen LogP contribution is 2.27. The first kappa shape index (κ1) is 18.9. The lowest BCUT2D eigenvalue weighted by molar-refractivity contribution is -0.122. The molecule has 1 aliphatic heterocycles. The molecule has 0 radical (unpaired) electrons. The van der Waals surface area contributed by atoms with Crippen LogP contribution >= 0.6 is 0 Å². The average molecular weight is 389 g/mol. The highest BCUT2D eigenvalue weighted by Gasteiger charge is 2.26. The first-order valence-electron chi connectivity index (χ1n) is 9.73. The SMILES string of the molecule is O=C(CC[C@H]1Cc2ccccc2NC1=O)NCc1ccc(Cn2cncn2)cc1. The second kappa shape index (κ2) is 8.68. The summed E-state index contributed by atoms with van der Waals surface area (Å²) in [6.45, 7) is 1.14. The molecule has 148 valence electrons. The van der Waals surface area contributed by atoms with Gasteiger partial charge in [0.1, 0.15) is 12.7 Å². The standard InChI is InChI=1S/C22H23N5O2/c28-21(10-9-19-11-18-3-1-2-4-20(18)26-22(19)29)24-12-16-5-7-17(8-6-16)13-27-15-23-14-25-27/h1-8,14-15,19H,9-13H2,(H,24,28)(H,26,29)/t19-/m0/s1. The van der Waals surface area contributed by atoms with Gasteiger partial charge >= 0.3 is 0 Å². The van der Waals surface area contributed by atoms with Crippen molar-refractivity contribution in [2.45, 2.75) is 32.4 Å². The predicted octanol–water partition coefficient (Wildman–Crippen LogP) is 2.53. The van der Waals surface area contributed by atoms with Crippen LogP contribution in [-0.4, -0.2) is 26.6 Å². The summed E-state index contributed by atoms with van der Waals surface area (Å²) in [6.07, 6.45) is 4.76. The molecule has 1 aromatic heterocycles. The molecular formula is C22H23N5O2. The van der Waals surface area contributed by atoms with Gasteiger partial charge in [0, 0.05) is 24.6 Å². The van der Waals surface area contributed by atoms with E-state index in [0.29, 0.717) is 32.4 Å². The van der Waals surface area contributed by atoms with Crippen LogP contribution in [0.1, 0.15) is 29.5 Å². The van der Waals surface area contributed by atoms with E-state index in [4.69, 9.17) is 0 Å². The number of para-hydroxylation sites is 1. The van der Waals surface area contributed by atoms with Crippen LogP contribution in [0.4, 0.5) is 5.69 Å². The van der Waals surface area contributed by atoms with E-state index in [9.17, 15) is 9.59 Å². The van der Waals surface area contributed by atoms with Crippen LogP contribution in [0.3, 0.4) is 0 Å². The largest absolute Gasteiger partial charge is 0.352 e. The second-order valence-electron chi connectivity index (χ2n) is 7.27. The van der Waals surface area contributed by atoms with Crippen molar-refractivity contribution in [3.63, 3.8) is 0 Å². The van der Waals surface area contributed by atoms with Crippen LogP contribution in [0, 0.1) is 5.92 Å². The minimum atomic E-state index is -0.160. The fourth-order valence-corrected chi connectivity index (χ4v) is 3.50. The van der Waals surface area contributed by atoms with E-state index in [2.05, 4.69) is 20.7 Å². The summed E-state index contributed by atoms with van der Waals surface area (Å²) < 4.78 is 1.76. The van der Waals surface area contributed by atoms with Crippen molar-refractivity contribution < 1.29 is 9.59 Å². The third-order valence-electron chi connectivity index (χ3n) is 5.16. The van der Waals surface area contributed by atoms with Gasteiger partial charge in [-0.1, -0.05) is 42.5 Å². The van der Waals surface area contributed by atoms with Gasteiger partial charge in [0.05, 0.1) is 6.54 Å². The van der Waals surface area contributed by atoms with Crippen molar-refractivity contribution in [1.29, 1.82) is 0 Å². The Morgan fingerprint density at radius 1 is 1.14 bits per heavy atom. The number of benzene rings is 2. The molecule has 3 aromatic rings. The van der Waals surface area contributed by atoms with Gasteiger partial charge in [0.15, 0.2) is 0 Å². The quantitative estimate of drug-likeness (QED) is 0.650. The van der Waals surface area contributed by atoms with Crippen LogP contribution in [0.2, 0.25) is 0 Å². The Morgan fingerprint density at radius 3 is 2.72 bits per heavy atom. The third kappa shape index (κ3) is 4.87. The normalized spacial score (nSPS) is 15.4. The summed E-state index contributed by atoms with van der Waals surface area (Å²) in [5, 5.41) is 9.96. The molecule has 7 heteroatoms. The fourth-order valence-electron chi connectivity index (χ4n) is 3.50. The molecule has 0 saturated carbocycles. The van der Waals surface area contributed by atoms with Gasteiger partial charge < -0.3 is 10.6 Å². The summed E-state index contributed by atoms with van der Waals surface area (Å²) in [5.41, 5.74) is 4.16. The number of fused-ring (bicyclic) bond motifs is 1. The number of carbonyl (C=O) groups is 2. The van der Waals surface area contributed by atoms with E-state index in [1.165, 1.54) is 6.33 Å². The molecule has 1 atom stereocenters. The van der Waals surface area contributed by atoms with E-state index in [1.807, 2.05) is 48.5 Å². The molecule has 29 heavy (non-hydrogen) atoms. The smallest absolute Gasteiger partial charge is 0.227 e. The highest BCUT2D eigenvalue weighted by atomic mass is 16.2. The number of hydrogen-bond donors (Lipinski definition) is 2. The Morgan fingerprint density at radius 2 is 1.93 bits per heavy atom. The van der Waals surface area contributed by atoms with Crippen molar-refractivity contribution in [2.24, 2.45) is 5.92 Å². The van der Waals surface area contributed by atoms with Crippen molar-refractivity contribution in [3.05, 3.63) is 77.9 Å². The molecule has 0 unspecified atom stereocenters. The van der Waals surface area contributed by atoms with E-state index in [-0.39, 0.29) is 17.7 Å². The second-order valence-corrected chi connectivity index (χ2v) is 7.27. The maximum Gasteiger partial charge on any atom is 0.227 e. The summed E-state index contributed by atoms with van der Waals surface area (Å²) in [4.78, 5) is 28.4. The van der Waals surface area contributed by atoms with E-state index < -0.39 is 0 Å². The molecule has 1 aliphatic rings. The number of nitrogens with zero attached hydrogens (tertiary/aromatic N) is 3. The number of aromatic nitrogens is 3. The highest BCUT2D eigenvalue weighted by molar-refractivity contribution is 5.96. The zero-order chi connectivity index (χ0) is 20.1. The van der Waals surface area contributed by atoms with Crippen LogP contribution in [0.25, 0.3) is 0 Å². The molecule has 2 N–H and O–H groups in total. The molecule has 2 amide bonds. The molecule has 0 bridgehead atoms. The van der Waals surface area contributed by atoms with Gasteiger partial charge in [0.2, 0.25) is 11.8 Å². The topological polar surface area (TPSA) is 88.9 Å². The Labute approximate surface area is 169 Å². The van der Waals surface area contributed by atoms with Crippen LogP contribution in [-0.2, 0) is 29.1 Å². The van der Waals surface area contributed by atoms with Gasteiger partial charge in [-0.15, -0.1) is 0 Å². The molecule has 4 rings (SSSR count). The number of carbonyl (C=O) groups excluding carboxylic acids is 2. The van der Waals surface area contributed by atoms with Crippen molar-refractivity contribution in [1.82, 2.24) is 20.1 Å². The molecule has 0 spiro atoms. The third-order valence-corrected chi connectivity index (χ3v) is 5.16. The first-order chi connectivity index (χ1) is 14.2. The maximum absolute atomic E-state index is 12.2. The Kier molecular flexibility index (Phi) is 5.65. The lowest BCUT2D eigenvalue weighted by Gasteiger charge is -2.24. The van der Waals surface area contributed by atoms with E-state index in [1.54, 1.807) is 11.0 Å². The molecule has 0 saturated heterocycles. The summed E-state index contributed by atoms with van der Waals surface area (Å²) in [5.74, 6) is -0.199. The van der Waals surface area contributed by atoms with Crippen LogP contribution in [0.15, 0.2) is 61.2 Å². The Bertz CT molecular complexity index is 983. The minimum absolute atomic E-state index is 0.000490. The van der Waals surface area contributed by atoms with Crippen LogP contribution in [0.5, 0.6) is 0 Å². The number of hydrogen-bond acceptors (Lipinski definition) is 4. The monoisotopic (exact) mass is 389 g/mol. The molecule has 0 fully saturated rings.